The van der Waals surface area contributed by atoms with Crippen LogP contribution in [-0.4, -0.2) is 41.9 Å². The standard InChI is InChI=1S/C42H79NO5S/c1-3-5-7-9-11-13-15-17-19-20-21-22-24-25-27-29-31-33-35-37-41(44)40(39-49(46,47)48)43-42(45)38-36-34-32-30-28-26-23-18-16-14-12-10-8-6-4-2/h12,14,18,23,35,37,40-41,44H,3-11,13,15-17,19-22,24-34,36,38-39H2,1-2H3,(H,43,45)(H,46,47,48)/b14-12-,23-18-,37-35+. The number of amides is 1. The van der Waals surface area contributed by atoms with Gasteiger partial charge in [0.05, 0.1) is 17.9 Å². The van der Waals surface area contributed by atoms with Crippen molar-refractivity contribution in [3.05, 3.63) is 36.5 Å². The van der Waals surface area contributed by atoms with E-state index in [0.29, 0.717) is 6.42 Å². The smallest absolute Gasteiger partial charge is 0.267 e. The quantitative estimate of drug-likeness (QED) is 0.0338. The Morgan fingerprint density at radius 3 is 1.37 bits per heavy atom. The number of carbonyl (C=O) groups is 1. The number of aliphatic hydroxyl groups is 1. The van der Waals surface area contributed by atoms with Gasteiger partial charge in [0.25, 0.3) is 10.1 Å². The van der Waals surface area contributed by atoms with Crippen molar-refractivity contribution in [2.75, 3.05) is 5.75 Å². The van der Waals surface area contributed by atoms with Crippen LogP contribution < -0.4 is 5.32 Å². The van der Waals surface area contributed by atoms with Crippen LogP contribution >= 0.6 is 0 Å². The summed E-state index contributed by atoms with van der Waals surface area (Å²) in [6.07, 6.45) is 47.0. The van der Waals surface area contributed by atoms with E-state index < -0.39 is 28.0 Å². The summed E-state index contributed by atoms with van der Waals surface area (Å²) in [4.78, 5) is 12.5. The summed E-state index contributed by atoms with van der Waals surface area (Å²) < 4.78 is 32.5. The molecule has 0 saturated carbocycles. The minimum absolute atomic E-state index is 0.280. The maximum atomic E-state index is 12.5. The molecule has 0 saturated heterocycles. The SMILES string of the molecule is CCCCC/C=C\C/C=C\CCCCCCCC(=O)NC(CS(=O)(=O)O)C(O)/C=C/CCCCCCCCCCCCCCCCCCC. The molecule has 2 unspecified atom stereocenters. The third-order valence-corrected chi connectivity index (χ3v) is 10.1. The van der Waals surface area contributed by atoms with Gasteiger partial charge in [0.15, 0.2) is 0 Å². The van der Waals surface area contributed by atoms with E-state index in [2.05, 4.69) is 43.5 Å². The predicted molar refractivity (Wildman–Crippen MR) is 212 cm³/mol. The summed E-state index contributed by atoms with van der Waals surface area (Å²) in [6.45, 7) is 4.50. The highest BCUT2D eigenvalue weighted by atomic mass is 32.2. The van der Waals surface area contributed by atoms with Crippen molar-refractivity contribution in [3.63, 3.8) is 0 Å². The van der Waals surface area contributed by atoms with Crippen molar-refractivity contribution in [1.82, 2.24) is 5.32 Å². The summed E-state index contributed by atoms with van der Waals surface area (Å²) >= 11 is 0. The maximum absolute atomic E-state index is 12.5. The molecule has 2 atom stereocenters. The van der Waals surface area contributed by atoms with Crippen LogP contribution in [0.2, 0.25) is 0 Å². The predicted octanol–water partition coefficient (Wildman–Crippen LogP) is 12.1. The molecule has 0 aromatic rings. The highest BCUT2D eigenvalue weighted by Gasteiger charge is 2.24. The topological polar surface area (TPSA) is 104 Å². The van der Waals surface area contributed by atoms with E-state index in [9.17, 15) is 22.9 Å². The number of allylic oxidation sites excluding steroid dienone is 5. The van der Waals surface area contributed by atoms with Gasteiger partial charge in [-0.2, -0.15) is 8.42 Å². The van der Waals surface area contributed by atoms with Gasteiger partial charge in [0, 0.05) is 6.42 Å². The lowest BCUT2D eigenvalue weighted by Crippen LogP contribution is -2.46. The molecule has 6 nitrogen and oxygen atoms in total. The number of unbranched alkanes of at least 4 members (excludes halogenated alkanes) is 25. The Bertz CT molecular complexity index is 914. The molecular weight excluding hydrogens is 631 g/mol. The normalized spacial score (nSPS) is 13.6. The van der Waals surface area contributed by atoms with Crippen LogP contribution in [0, 0.1) is 0 Å². The summed E-state index contributed by atoms with van der Waals surface area (Å²) in [5.74, 6) is -0.995. The molecule has 0 spiro atoms. The molecule has 0 rings (SSSR count). The molecule has 3 N–H and O–H groups in total. The maximum Gasteiger partial charge on any atom is 0.267 e. The fourth-order valence-corrected chi connectivity index (χ4v) is 6.92. The van der Waals surface area contributed by atoms with Gasteiger partial charge in [-0.25, -0.2) is 0 Å². The Balaban J connectivity index is 3.93. The Morgan fingerprint density at radius 2 is 0.918 bits per heavy atom. The molecule has 0 bridgehead atoms. The van der Waals surface area contributed by atoms with Gasteiger partial charge in [-0.05, 0) is 51.4 Å². The van der Waals surface area contributed by atoms with Crippen molar-refractivity contribution < 1.29 is 22.9 Å². The van der Waals surface area contributed by atoms with Crippen molar-refractivity contribution in [2.24, 2.45) is 0 Å². The molecule has 0 aliphatic rings. The van der Waals surface area contributed by atoms with Crippen LogP contribution in [0.3, 0.4) is 0 Å². The van der Waals surface area contributed by atoms with E-state index in [1.54, 1.807) is 6.08 Å². The van der Waals surface area contributed by atoms with Gasteiger partial charge in [-0.3, -0.25) is 9.35 Å². The fraction of sp³-hybridized carbons (Fsp3) is 0.833. The summed E-state index contributed by atoms with van der Waals surface area (Å²) in [7, 11) is -4.35. The van der Waals surface area contributed by atoms with Crippen LogP contribution in [0.4, 0.5) is 0 Å². The van der Waals surface area contributed by atoms with E-state index in [-0.39, 0.29) is 12.3 Å². The summed E-state index contributed by atoms with van der Waals surface area (Å²) in [5, 5.41) is 13.2. The molecule has 7 heteroatoms. The Morgan fingerprint density at radius 1 is 0.551 bits per heavy atom. The zero-order valence-corrected chi connectivity index (χ0v) is 32.9. The highest BCUT2D eigenvalue weighted by molar-refractivity contribution is 7.85. The Labute approximate surface area is 304 Å². The van der Waals surface area contributed by atoms with Gasteiger partial charge < -0.3 is 10.4 Å². The molecule has 0 radical (unpaired) electrons. The number of aliphatic hydroxyl groups excluding tert-OH is 1. The van der Waals surface area contributed by atoms with Crippen LogP contribution in [0.1, 0.15) is 206 Å². The molecule has 0 fully saturated rings. The van der Waals surface area contributed by atoms with Crippen LogP contribution in [0.25, 0.3) is 0 Å². The molecule has 0 aromatic heterocycles. The first-order chi connectivity index (χ1) is 23.8. The average molecular weight is 710 g/mol. The third kappa shape index (κ3) is 37.6. The Hall–Kier alpha value is -1.44. The monoisotopic (exact) mass is 710 g/mol. The van der Waals surface area contributed by atoms with Gasteiger partial charge in [0.2, 0.25) is 5.91 Å². The van der Waals surface area contributed by atoms with Gasteiger partial charge >= 0.3 is 0 Å². The van der Waals surface area contributed by atoms with Gasteiger partial charge in [0.1, 0.15) is 0 Å². The average Bonchev–Trinajstić information content (AvgIpc) is 3.06. The van der Waals surface area contributed by atoms with E-state index in [4.69, 9.17) is 0 Å². The molecule has 288 valence electrons. The molecular formula is C42H79NO5S. The van der Waals surface area contributed by atoms with E-state index >= 15 is 0 Å². The van der Waals surface area contributed by atoms with Crippen LogP contribution in [-0.2, 0) is 14.9 Å². The number of carbonyl (C=O) groups excluding carboxylic acids is 1. The van der Waals surface area contributed by atoms with Crippen molar-refractivity contribution in [3.8, 4) is 0 Å². The van der Waals surface area contributed by atoms with Crippen LogP contribution in [0.5, 0.6) is 0 Å². The largest absolute Gasteiger partial charge is 0.387 e. The molecule has 49 heavy (non-hydrogen) atoms. The van der Waals surface area contributed by atoms with Gasteiger partial charge in [-0.15, -0.1) is 0 Å². The first-order valence-corrected chi connectivity index (χ1v) is 22.3. The summed E-state index contributed by atoms with van der Waals surface area (Å²) in [5.41, 5.74) is 0. The lowest BCUT2D eigenvalue weighted by Gasteiger charge is -2.21. The summed E-state index contributed by atoms with van der Waals surface area (Å²) in [6, 6.07) is -1.06. The second-order valence-electron chi connectivity index (χ2n) is 14.3. The van der Waals surface area contributed by atoms with E-state index in [1.807, 2.05) is 6.08 Å². The zero-order valence-electron chi connectivity index (χ0n) is 32.1. The minimum atomic E-state index is -4.35. The van der Waals surface area contributed by atoms with E-state index in [1.165, 1.54) is 122 Å². The highest BCUT2D eigenvalue weighted by Crippen LogP contribution is 2.15. The first kappa shape index (κ1) is 47.6. The first-order valence-electron chi connectivity index (χ1n) is 20.7. The molecule has 0 heterocycles. The zero-order chi connectivity index (χ0) is 36.1. The van der Waals surface area contributed by atoms with Gasteiger partial charge in [-0.1, -0.05) is 185 Å². The Kier molecular flexibility index (Phi) is 35.3. The molecule has 1 amide bonds. The molecule has 0 aliphatic heterocycles. The van der Waals surface area contributed by atoms with Crippen molar-refractivity contribution in [2.45, 2.75) is 219 Å². The molecule has 0 aromatic carbocycles. The number of rotatable bonds is 37. The number of hydrogen-bond donors (Lipinski definition) is 3. The number of hydrogen-bond acceptors (Lipinski definition) is 4. The lowest BCUT2D eigenvalue weighted by molar-refractivity contribution is -0.122. The second kappa shape index (κ2) is 36.4. The molecule has 0 aliphatic carbocycles. The third-order valence-electron chi connectivity index (χ3n) is 9.31. The van der Waals surface area contributed by atoms with Crippen LogP contribution in [0.15, 0.2) is 36.5 Å². The minimum Gasteiger partial charge on any atom is -0.387 e. The number of nitrogens with one attached hydrogen (secondary N) is 1. The fourth-order valence-electron chi connectivity index (χ4n) is 6.19. The van der Waals surface area contributed by atoms with E-state index in [0.717, 1.165) is 57.8 Å². The second-order valence-corrected chi connectivity index (χ2v) is 15.8. The van der Waals surface area contributed by atoms with Crippen molar-refractivity contribution >= 4 is 16.0 Å². The van der Waals surface area contributed by atoms with Crippen molar-refractivity contribution in [1.29, 1.82) is 0 Å². The lowest BCUT2D eigenvalue weighted by atomic mass is 10.0.